The van der Waals surface area contributed by atoms with E-state index in [1.54, 1.807) is 0 Å². The Morgan fingerprint density at radius 1 is 1.13 bits per heavy atom. The van der Waals surface area contributed by atoms with Gasteiger partial charge in [-0.3, -0.25) is 4.79 Å². The first kappa shape index (κ1) is 17.3. The zero-order valence-corrected chi connectivity index (χ0v) is 13.4. The molecule has 0 radical (unpaired) electrons. The molecule has 0 atom stereocenters. The summed E-state index contributed by atoms with van der Waals surface area (Å²) in [6.07, 6.45) is 5.71. The van der Waals surface area contributed by atoms with Crippen LogP contribution in [-0.4, -0.2) is 29.3 Å². The molecule has 1 aromatic rings. The number of unbranched alkanes of at least 4 members (excludes halogenated alkanes) is 2. The smallest absolute Gasteiger partial charge is 0.407 e. The van der Waals surface area contributed by atoms with Crippen LogP contribution in [0.5, 0.6) is 0 Å². The predicted octanol–water partition coefficient (Wildman–Crippen LogP) is 3.52. The fourth-order valence-electron chi connectivity index (χ4n) is 2.86. The third kappa shape index (κ3) is 5.93. The minimum atomic E-state index is -0.773. The zero-order chi connectivity index (χ0) is 16.5. The number of alkyl carbamates (subject to hydrolysis) is 1. The van der Waals surface area contributed by atoms with Gasteiger partial charge >= 0.3 is 12.1 Å². The molecule has 1 saturated carbocycles. The molecule has 0 spiro atoms. The van der Waals surface area contributed by atoms with Gasteiger partial charge in [0.2, 0.25) is 0 Å². The Kier molecular flexibility index (Phi) is 6.44. The quantitative estimate of drug-likeness (QED) is 0.683. The number of carboxylic acid groups (broad SMARTS) is 1. The normalized spacial score (nSPS) is 15.5. The molecule has 5 nitrogen and oxygen atoms in total. The van der Waals surface area contributed by atoms with Crippen LogP contribution >= 0.6 is 0 Å². The van der Waals surface area contributed by atoms with Crippen molar-refractivity contribution in [2.45, 2.75) is 57.0 Å². The summed E-state index contributed by atoms with van der Waals surface area (Å²) < 4.78 is 5.68. The molecular weight excluding hydrogens is 294 g/mol. The lowest BCUT2D eigenvalue weighted by molar-refractivity contribution is -0.137. The molecule has 2 N–H and O–H groups in total. The van der Waals surface area contributed by atoms with Gasteiger partial charge in [-0.1, -0.05) is 36.8 Å². The van der Waals surface area contributed by atoms with E-state index in [1.165, 1.54) is 5.56 Å². The molecule has 1 aliphatic rings. The van der Waals surface area contributed by atoms with Gasteiger partial charge in [0.25, 0.3) is 0 Å². The highest BCUT2D eigenvalue weighted by Crippen LogP contribution is 2.38. The number of rotatable bonds is 9. The van der Waals surface area contributed by atoms with Crippen molar-refractivity contribution in [2.24, 2.45) is 0 Å². The molecule has 0 saturated heterocycles. The molecule has 23 heavy (non-hydrogen) atoms. The number of hydrogen-bond acceptors (Lipinski definition) is 3. The lowest BCUT2D eigenvalue weighted by atomic mass is 9.76. The van der Waals surface area contributed by atoms with E-state index in [0.717, 1.165) is 38.5 Å². The minimum Gasteiger partial charge on any atom is -0.481 e. The van der Waals surface area contributed by atoms with Crippen molar-refractivity contribution >= 4 is 12.1 Å². The highest BCUT2D eigenvalue weighted by atomic mass is 16.6. The van der Waals surface area contributed by atoms with Gasteiger partial charge in [0.05, 0.1) is 0 Å². The largest absolute Gasteiger partial charge is 0.481 e. The summed E-state index contributed by atoms with van der Waals surface area (Å²) in [7, 11) is 0. The van der Waals surface area contributed by atoms with Gasteiger partial charge < -0.3 is 15.2 Å². The van der Waals surface area contributed by atoms with Crippen LogP contribution in [0.25, 0.3) is 0 Å². The predicted molar refractivity (Wildman–Crippen MR) is 87.3 cm³/mol. The zero-order valence-electron chi connectivity index (χ0n) is 13.4. The molecule has 0 bridgehead atoms. The highest BCUT2D eigenvalue weighted by molar-refractivity contribution is 5.68. The first-order chi connectivity index (χ1) is 11.1. The van der Waals surface area contributed by atoms with Crippen molar-refractivity contribution in [1.82, 2.24) is 5.32 Å². The van der Waals surface area contributed by atoms with Crippen LogP contribution in [-0.2, 0) is 16.0 Å². The van der Waals surface area contributed by atoms with E-state index >= 15 is 0 Å². The number of ether oxygens (including phenoxy) is 1. The maximum absolute atomic E-state index is 12.0. The number of benzene rings is 1. The fraction of sp³-hybridized carbons (Fsp3) is 0.556. The van der Waals surface area contributed by atoms with E-state index in [9.17, 15) is 9.59 Å². The number of amides is 1. The SMILES string of the molecule is O=C(O)CCCCCNC(=O)OC1(Cc2ccccc2)CCC1. The molecule has 1 amide bonds. The second-order valence-corrected chi connectivity index (χ2v) is 6.22. The molecule has 1 aliphatic carbocycles. The summed E-state index contributed by atoms with van der Waals surface area (Å²) in [5.41, 5.74) is 0.836. The van der Waals surface area contributed by atoms with E-state index in [-0.39, 0.29) is 18.1 Å². The van der Waals surface area contributed by atoms with E-state index in [1.807, 2.05) is 18.2 Å². The molecule has 2 rings (SSSR count). The van der Waals surface area contributed by atoms with Crippen LogP contribution in [0.1, 0.15) is 50.5 Å². The standard InChI is InChI=1S/C18H25NO4/c20-16(21)10-5-2-6-13-19-17(22)23-18(11-7-12-18)14-15-8-3-1-4-9-15/h1,3-4,8-9H,2,5-7,10-14H2,(H,19,22)(H,20,21). The van der Waals surface area contributed by atoms with Crippen LogP contribution in [0.15, 0.2) is 30.3 Å². The van der Waals surface area contributed by atoms with Crippen molar-refractivity contribution in [3.05, 3.63) is 35.9 Å². The fourth-order valence-corrected chi connectivity index (χ4v) is 2.86. The number of aliphatic carboxylic acids is 1. The van der Waals surface area contributed by atoms with Crippen LogP contribution in [0.4, 0.5) is 4.79 Å². The van der Waals surface area contributed by atoms with Crippen molar-refractivity contribution in [1.29, 1.82) is 0 Å². The van der Waals surface area contributed by atoms with Crippen molar-refractivity contribution in [3.63, 3.8) is 0 Å². The monoisotopic (exact) mass is 319 g/mol. The van der Waals surface area contributed by atoms with Crippen LogP contribution < -0.4 is 5.32 Å². The second-order valence-electron chi connectivity index (χ2n) is 6.22. The molecule has 1 aromatic carbocycles. The summed E-state index contributed by atoms with van der Waals surface area (Å²) in [5, 5.41) is 11.3. The first-order valence-electron chi connectivity index (χ1n) is 8.32. The van der Waals surface area contributed by atoms with Crippen LogP contribution in [0.3, 0.4) is 0 Å². The van der Waals surface area contributed by atoms with Gasteiger partial charge in [0.15, 0.2) is 0 Å². The number of hydrogen-bond donors (Lipinski definition) is 2. The molecule has 0 unspecified atom stereocenters. The summed E-state index contributed by atoms with van der Waals surface area (Å²) in [6.45, 7) is 0.528. The van der Waals surface area contributed by atoms with Crippen molar-refractivity contribution < 1.29 is 19.4 Å². The average molecular weight is 319 g/mol. The van der Waals surface area contributed by atoms with Gasteiger partial charge in [-0.2, -0.15) is 0 Å². The topological polar surface area (TPSA) is 75.6 Å². The Hall–Kier alpha value is -2.04. The van der Waals surface area contributed by atoms with Gasteiger partial charge in [0, 0.05) is 19.4 Å². The highest BCUT2D eigenvalue weighted by Gasteiger charge is 2.40. The first-order valence-corrected chi connectivity index (χ1v) is 8.32. The Labute approximate surface area is 137 Å². The van der Waals surface area contributed by atoms with E-state index < -0.39 is 5.97 Å². The van der Waals surface area contributed by atoms with E-state index in [2.05, 4.69) is 17.4 Å². The van der Waals surface area contributed by atoms with Crippen molar-refractivity contribution in [2.75, 3.05) is 6.54 Å². The summed E-state index contributed by atoms with van der Waals surface area (Å²) in [6, 6.07) is 10.1. The molecular formula is C18H25NO4. The Morgan fingerprint density at radius 3 is 2.48 bits per heavy atom. The maximum atomic E-state index is 12.0. The minimum absolute atomic E-state index is 0.185. The lowest BCUT2D eigenvalue weighted by Gasteiger charge is -2.41. The molecule has 0 aliphatic heterocycles. The molecule has 126 valence electrons. The number of nitrogens with one attached hydrogen (secondary N) is 1. The third-order valence-electron chi connectivity index (χ3n) is 4.28. The second kappa shape index (κ2) is 8.56. The Balaban J connectivity index is 1.67. The van der Waals surface area contributed by atoms with E-state index in [0.29, 0.717) is 13.0 Å². The van der Waals surface area contributed by atoms with Gasteiger partial charge in [-0.15, -0.1) is 0 Å². The summed E-state index contributed by atoms with van der Waals surface area (Å²) >= 11 is 0. The third-order valence-corrected chi connectivity index (χ3v) is 4.28. The maximum Gasteiger partial charge on any atom is 0.407 e. The van der Waals surface area contributed by atoms with Gasteiger partial charge in [0.1, 0.15) is 5.60 Å². The summed E-state index contributed by atoms with van der Waals surface area (Å²) in [5.74, 6) is -0.773. The number of carbonyl (C=O) groups excluding carboxylic acids is 1. The van der Waals surface area contributed by atoms with Crippen LogP contribution in [0, 0.1) is 0 Å². The van der Waals surface area contributed by atoms with E-state index in [4.69, 9.17) is 9.84 Å². The number of carboxylic acids is 1. The van der Waals surface area contributed by atoms with Gasteiger partial charge in [-0.25, -0.2) is 4.79 Å². The van der Waals surface area contributed by atoms with Gasteiger partial charge in [-0.05, 0) is 37.7 Å². The molecule has 0 aromatic heterocycles. The number of carbonyl (C=O) groups is 2. The molecule has 5 heteroatoms. The van der Waals surface area contributed by atoms with Crippen molar-refractivity contribution in [3.8, 4) is 0 Å². The average Bonchev–Trinajstić information content (AvgIpc) is 2.49. The Bertz CT molecular complexity index is 511. The molecule has 0 heterocycles. The Morgan fingerprint density at radius 2 is 1.87 bits per heavy atom. The molecule has 1 fully saturated rings. The lowest BCUT2D eigenvalue weighted by Crippen LogP contribution is -2.46. The summed E-state index contributed by atoms with van der Waals surface area (Å²) in [4.78, 5) is 22.4. The van der Waals surface area contributed by atoms with Crippen LogP contribution in [0.2, 0.25) is 0 Å².